The molecule has 3 unspecified atom stereocenters. The predicted molar refractivity (Wildman–Crippen MR) is 222 cm³/mol. The number of amides is 1. The third-order valence-electron chi connectivity index (χ3n) is 10.1. The highest BCUT2D eigenvalue weighted by Crippen LogP contribution is 2.43. The molecule has 0 saturated carbocycles. The molecular formula is C43H87N2O6P. The number of nitrogens with one attached hydrogen (secondary N) is 1. The fourth-order valence-electron chi connectivity index (χ4n) is 6.72. The summed E-state index contributed by atoms with van der Waals surface area (Å²) in [5.41, 5.74) is 5.38. The zero-order valence-corrected chi connectivity index (χ0v) is 35.2. The first-order valence-corrected chi connectivity index (χ1v) is 23.8. The fraction of sp³-hybridized carbons (Fsp3) is 0.930. The molecule has 3 atom stereocenters. The fourth-order valence-corrected chi connectivity index (χ4v) is 7.48. The minimum atomic E-state index is -4.31. The molecule has 0 aliphatic rings. The van der Waals surface area contributed by atoms with Crippen LogP contribution >= 0.6 is 7.82 Å². The first-order valence-electron chi connectivity index (χ1n) is 22.3. The number of hydrogen-bond donors (Lipinski definition) is 4. The quantitative estimate of drug-likeness (QED) is 0.0277. The van der Waals surface area contributed by atoms with E-state index in [2.05, 4.69) is 31.3 Å². The van der Waals surface area contributed by atoms with E-state index in [9.17, 15) is 19.4 Å². The molecule has 0 aromatic rings. The lowest BCUT2D eigenvalue weighted by atomic mass is 10.0. The Balaban J connectivity index is 4.14. The van der Waals surface area contributed by atoms with Gasteiger partial charge >= 0.3 is 7.82 Å². The first-order chi connectivity index (χ1) is 25.4. The van der Waals surface area contributed by atoms with Crippen LogP contribution in [-0.2, 0) is 18.4 Å². The van der Waals surface area contributed by atoms with E-state index in [1.54, 1.807) is 0 Å². The van der Waals surface area contributed by atoms with Gasteiger partial charge in [-0.1, -0.05) is 193 Å². The van der Waals surface area contributed by atoms with E-state index in [0.29, 0.717) is 12.8 Å². The van der Waals surface area contributed by atoms with Gasteiger partial charge in [0.1, 0.15) is 0 Å². The topological polar surface area (TPSA) is 131 Å². The standard InChI is InChI=1S/C43H87N2O6P/c1-3-5-7-9-11-13-15-17-19-20-21-23-24-26-28-30-32-34-36-42(46)41(40-51-52(48,49)50-39-38-44)45-43(47)37-35-33-31-29-27-25-22-18-16-14-12-10-8-6-4-2/h18,22,41-42,46H,3-17,19-21,23-40,44H2,1-2H3,(H,45,47)(H,48,49)/b22-18-. The van der Waals surface area contributed by atoms with Crippen LogP contribution in [-0.4, -0.2) is 47.8 Å². The number of rotatable bonds is 42. The number of carbonyl (C=O) groups is 1. The number of phosphoric ester groups is 1. The van der Waals surface area contributed by atoms with Crippen molar-refractivity contribution in [3.05, 3.63) is 12.2 Å². The van der Waals surface area contributed by atoms with Gasteiger partial charge in [0.15, 0.2) is 0 Å². The minimum Gasteiger partial charge on any atom is -0.391 e. The molecule has 0 spiro atoms. The molecule has 0 aliphatic carbocycles. The number of hydrogen-bond acceptors (Lipinski definition) is 6. The lowest BCUT2D eigenvalue weighted by Gasteiger charge is -2.25. The molecule has 5 N–H and O–H groups in total. The smallest absolute Gasteiger partial charge is 0.391 e. The van der Waals surface area contributed by atoms with Gasteiger partial charge in [-0.05, 0) is 38.5 Å². The number of carbonyl (C=O) groups excluding carboxylic acids is 1. The highest BCUT2D eigenvalue weighted by molar-refractivity contribution is 7.47. The Labute approximate surface area is 322 Å². The molecule has 0 aromatic carbocycles. The van der Waals surface area contributed by atoms with E-state index in [1.807, 2.05) is 0 Å². The van der Waals surface area contributed by atoms with Crippen molar-refractivity contribution in [2.24, 2.45) is 5.73 Å². The summed E-state index contributed by atoms with van der Waals surface area (Å²) in [5.74, 6) is -0.168. The third-order valence-corrected chi connectivity index (χ3v) is 11.1. The highest BCUT2D eigenvalue weighted by atomic mass is 31.2. The van der Waals surface area contributed by atoms with Gasteiger partial charge in [-0.3, -0.25) is 13.8 Å². The van der Waals surface area contributed by atoms with Gasteiger partial charge in [0.25, 0.3) is 0 Å². The van der Waals surface area contributed by atoms with Gasteiger partial charge in [0.05, 0.1) is 25.4 Å². The van der Waals surface area contributed by atoms with Crippen molar-refractivity contribution in [1.82, 2.24) is 5.32 Å². The van der Waals surface area contributed by atoms with Crippen LogP contribution in [0.1, 0.15) is 226 Å². The Bertz CT molecular complexity index is 829. The molecule has 0 fully saturated rings. The Hall–Kier alpha value is -0.760. The molecule has 52 heavy (non-hydrogen) atoms. The molecule has 9 heteroatoms. The van der Waals surface area contributed by atoms with Crippen molar-refractivity contribution in [1.29, 1.82) is 0 Å². The summed E-state index contributed by atoms with van der Waals surface area (Å²) in [6.45, 7) is 4.22. The van der Waals surface area contributed by atoms with E-state index in [1.165, 1.54) is 148 Å². The van der Waals surface area contributed by atoms with E-state index in [-0.39, 0.29) is 25.7 Å². The Morgan fingerprint density at radius 2 is 1.00 bits per heavy atom. The zero-order valence-electron chi connectivity index (χ0n) is 34.3. The van der Waals surface area contributed by atoms with Gasteiger partial charge in [0.2, 0.25) is 5.91 Å². The predicted octanol–water partition coefficient (Wildman–Crippen LogP) is 12.4. The largest absolute Gasteiger partial charge is 0.472 e. The summed E-state index contributed by atoms with van der Waals surface area (Å²) >= 11 is 0. The van der Waals surface area contributed by atoms with Crippen LogP contribution in [0, 0.1) is 0 Å². The molecular weight excluding hydrogens is 671 g/mol. The second-order valence-electron chi connectivity index (χ2n) is 15.3. The number of aliphatic hydroxyl groups is 1. The number of allylic oxidation sites excluding steroid dienone is 2. The van der Waals surface area contributed by atoms with E-state index in [4.69, 9.17) is 14.8 Å². The molecule has 0 rings (SSSR count). The number of nitrogens with two attached hydrogens (primary N) is 1. The average molecular weight is 759 g/mol. The van der Waals surface area contributed by atoms with E-state index >= 15 is 0 Å². The Morgan fingerprint density at radius 3 is 1.42 bits per heavy atom. The van der Waals surface area contributed by atoms with Crippen molar-refractivity contribution >= 4 is 13.7 Å². The summed E-state index contributed by atoms with van der Waals surface area (Å²) in [6, 6.07) is -0.775. The van der Waals surface area contributed by atoms with E-state index in [0.717, 1.165) is 51.4 Å². The number of unbranched alkanes of at least 4 members (excludes halogenated alkanes) is 28. The molecule has 0 radical (unpaired) electrons. The van der Waals surface area contributed by atoms with Crippen molar-refractivity contribution < 1.29 is 28.4 Å². The summed E-state index contributed by atoms with van der Waals surface area (Å²) < 4.78 is 22.2. The second-order valence-corrected chi connectivity index (χ2v) is 16.7. The summed E-state index contributed by atoms with van der Waals surface area (Å²) in [6.07, 6.45) is 43.6. The second kappa shape index (κ2) is 39.9. The zero-order chi connectivity index (χ0) is 38.2. The van der Waals surface area contributed by atoms with Gasteiger partial charge in [-0.2, -0.15) is 0 Å². The molecule has 0 heterocycles. The Morgan fingerprint density at radius 1 is 0.615 bits per heavy atom. The molecule has 0 aromatic heterocycles. The monoisotopic (exact) mass is 759 g/mol. The van der Waals surface area contributed by atoms with Crippen molar-refractivity contribution in [3.8, 4) is 0 Å². The first kappa shape index (κ1) is 51.2. The van der Waals surface area contributed by atoms with Gasteiger partial charge in [-0.25, -0.2) is 4.57 Å². The molecule has 1 amide bonds. The summed E-state index contributed by atoms with van der Waals surface area (Å²) in [5, 5.41) is 13.8. The average Bonchev–Trinajstić information content (AvgIpc) is 3.13. The Kier molecular flexibility index (Phi) is 39.3. The maximum absolute atomic E-state index is 12.8. The highest BCUT2D eigenvalue weighted by Gasteiger charge is 2.27. The molecule has 310 valence electrons. The summed E-state index contributed by atoms with van der Waals surface area (Å²) in [4.78, 5) is 22.7. The van der Waals surface area contributed by atoms with Gasteiger partial charge < -0.3 is 21.1 Å². The van der Waals surface area contributed by atoms with Crippen LogP contribution in [0.2, 0.25) is 0 Å². The maximum Gasteiger partial charge on any atom is 0.472 e. The van der Waals surface area contributed by atoms with Crippen molar-refractivity contribution in [2.75, 3.05) is 19.8 Å². The third kappa shape index (κ3) is 37.6. The molecule has 0 saturated heterocycles. The van der Waals surface area contributed by atoms with Crippen LogP contribution in [0.4, 0.5) is 0 Å². The van der Waals surface area contributed by atoms with E-state index < -0.39 is 20.0 Å². The minimum absolute atomic E-state index is 0.0893. The normalized spacial score (nSPS) is 14.2. The maximum atomic E-state index is 12.8. The molecule has 0 aliphatic heterocycles. The lowest BCUT2D eigenvalue weighted by molar-refractivity contribution is -0.123. The number of aliphatic hydroxyl groups excluding tert-OH is 1. The molecule has 8 nitrogen and oxygen atoms in total. The van der Waals surface area contributed by atoms with Crippen LogP contribution in [0.3, 0.4) is 0 Å². The van der Waals surface area contributed by atoms with Gasteiger partial charge in [0, 0.05) is 13.0 Å². The summed E-state index contributed by atoms with van der Waals surface area (Å²) in [7, 11) is -4.31. The van der Waals surface area contributed by atoms with Crippen molar-refractivity contribution in [3.63, 3.8) is 0 Å². The van der Waals surface area contributed by atoms with Crippen LogP contribution in [0.15, 0.2) is 12.2 Å². The molecule has 0 bridgehead atoms. The lowest BCUT2D eigenvalue weighted by Crippen LogP contribution is -2.46. The SMILES string of the molecule is CCCCCCCC/C=C\CCCCCCCC(=O)NC(COP(=O)(O)OCCN)C(O)CCCCCCCCCCCCCCCCCCCC. The van der Waals surface area contributed by atoms with Crippen LogP contribution < -0.4 is 11.1 Å². The van der Waals surface area contributed by atoms with Crippen molar-refractivity contribution in [2.45, 2.75) is 238 Å². The number of phosphoric acid groups is 1. The van der Waals surface area contributed by atoms with Crippen LogP contribution in [0.25, 0.3) is 0 Å². The van der Waals surface area contributed by atoms with Crippen LogP contribution in [0.5, 0.6) is 0 Å². The van der Waals surface area contributed by atoms with Gasteiger partial charge in [-0.15, -0.1) is 0 Å².